The lowest BCUT2D eigenvalue weighted by Gasteiger charge is -2.38. The SMILES string of the molecule is CC(C)C1(C)CC(=O)N(CCO)N1C. The van der Waals surface area contributed by atoms with Gasteiger partial charge in [-0.15, -0.1) is 0 Å². The maximum absolute atomic E-state index is 11.7. The Hall–Kier alpha value is -0.610. The minimum absolute atomic E-state index is 0.0181. The molecule has 1 heterocycles. The average molecular weight is 200 g/mol. The highest BCUT2D eigenvalue weighted by molar-refractivity contribution is 5.79. The van der Waals surface area contributed by atoms with Crippen molar-refractivity contribution in [3.63, 3.8) is 0 Å². The van der Waals surface area contributed by atoms with Crippen molar-refractivity contribution in [2.24, 2.45) is 5.92 Å². The van der Waals surface area contributed by atoms with E-state index < -0.39 is 0 Å². The summed E-state index contributed by atoms with van der Waals surface area (Å²) in [4.78, 5) is 11.7. The molecule has 0 bridgehead atoms. The van der Waals surface area contributed by atoms with Crippen LogP contribution in [0.5, 0.6) is 0 Å². The highest BCUT2D eigenvalue weighted by Gasteiger charge is 2.46. The standard InChI is InChI=1S/C10H20N2O2/c1-8(2)10(3)7-9(14)12(5-6-13)11(10)4/h8,13H,5-7H2,1-4H3. The third kappa shape index (κ3) is 1.64. The first kappa shape index (κ1) is 11.5. The predicted molar refractivity (Wildman–Crippen MR) is 54.4 cm³/mol. The number of carbonyl (C=O) groups is 1. The lowest BCUT2D eigenvalue weighted by Crippen LogP contribution is -2.49. The van der Waals surface area contributed by atoms with Gasteiger partial charge >= 0.3 is 0 Å². The summed E-state index contributed by atoms with van der Waals surface area (Å²) < 4.78 is 0. The van der Waals surface area contributed by atoms with E-state index in [2.05, 4.69) is 20.8 Å². The number of hydrogen-bond donors (Lipinski definition) is 1. The summed E-state index contributed by atoms with van der Waals surface area (Å²) in [5.74, 6) is 0.526. The van der Waals surface area contributed by atoms with E-state index in [1.807, 2.05) is 12.1 Å². The molecule has 1 unspecified atom stereocenters. The van der Waals surface area contributed by atoms with E-state index in [1.165, 1.54) is 0 Å². The Kier molecular flexibility index (Phi) is 3.17. The number of β-amino-alcohol motifs (C(OH)–C–C–N with tert-alkyl or cyclic N) is 1. The molecule has 0 aliphatic carbocycles. The highest BCUT2D eigenvalue weighted by Crippen LogP contribution is 2.34. The molecule has 14 heavy (non-hydrogen) atoms. The van der Waals surface area contributed by atoms with Crippen LogP contribution >= 0.6 is 0 Å². The Labute approximate surface area is 85.5 Å². The zero-order valence-corrected chi connectivity index (χ0v) is 9.45. The molecule has 1 N–H and O–H groups in total. The summed E-state index contributed by atoms with van der Waals surface area (Å²) in [6, 6.07) is 0. The average Bonchev–Trinajstić information content (AvgIpc) is 2.31. The number of rotatable bonds is 3. The van der Waals surface area contributed by atoms with Crippen molar-refractivity contribution < 1.29 is 9.90 Å². The third-order valence-corrected chi connectivity index (χ3v) is 3.45. The van der Waals surface area contributed by atoms with E-state index in [1.54, 1.807) is 5.01 Å². The summed E-state index contributed by atoms with van der Waals surface area (Å²) in [5.41, 5.74) is -0.105. The lowest BCUT2D eigenvalue weighted by atomic mass is 9.86. The Morgan fingerprint density at radius 2 is 2.14 bits per heavy atom. The molecular weight excluding hydrogens is 180 g/mol. The van der Waals surface area contributed by atoms with Crippen LogP contribution in [0.2, 0.25) is 0 Å². The molecular formula is C10H20N2O2. The van der Waals surface area contributed by atoms with E-state index in [0.717, 1.165) is 0 Å². The quantitative estimate of drug-likeness (QED) is 0.720. The minimum Gasteiger partial charge on any atom is -0.394 e. The van der Waals surface area contributed by atoms with Gasteiger partial charge in [0.2, 0.25) is 5.91 Å². The molecule has 0 aromatic heterocycles. The second-order valence-electron chi connectivity index (χ2n) is 4.45. The molecule has 0 aromatic rings. The van der Waals surface area contributed by atoms with Gasteiger partial charge in [-0.2, -0.15) is 0 Å². The van der Waals surface area contributed by atoms with E-state index in [4.69, 9.17) is 5.11 Å². The van der Waals surface area contributed by atoms with Crippen LogP contribution < -0.4 is 0 Å². The van der Waals surface area contributed by atoms with Gasteiger partial charge in [-0.05, 0) is 12.8 Å². The molecule has 1 aliphatic rings. The molecule has 1 saturated heterocycles. The van der Waals surface area contributed by atoms with E-state index in [-0.39, 0.29) is 18.1 Å². The highest BCUT2D eigenvalue weighted by atomic mass is 16.3. The first-order valence-corrected chi connectivity index (χ1v) is 5.08. The number of amides is 1. The van der Waals surface area contributed by atoms with Gasteiger partial charge in [0.05, 0.1) is 13.2 Å². The van der Waals surface area contributed by atoms with Crippen LogP contribution in [0.25, 0.3) is 0 Å². The summed E-state index contributed by atoms with van der Waals surface area (Å²) in [5, 5.41) is 12.5. The third-order valence-electron chi connectivity index (χ3n) is 3.45. The van der Waals surface area contributed by atoms with Crippen LogP contribution in [-0.4, -0.2) is 46.8 Å². The topological polar surface area (TPSA) is 43.8 Å². The molecule has 4 nitrogen and oxygen atoms in total. The van der Waals surface area contributed by atoms with Crippen LogP contribution in [0.4, 0.5) is 0 Å². The molecule has 1 amide bonds. The van der Waals surface area contributed by atoms with E-state index in [9.17, 15) is 4.79 Å². The van der Waals surface area contributed by atoms with Gasteiger partial charge in [0.25, 0.3) is 0 Å². The molecule has 0 radical (unpaired) electrons. The fourth-order valence-corrected chi connectivity index (χ4v) is 1.90. The van der Waals surface area contributed by atoms with Crippen molar-refractivity contribution in [3.05, 3.63) is 0 Å². The molecule has 1 atom stereocenters. The predicted octanol–water partition coefficient (Wildman–Crippen LogP) is 0.472. The molecule has 82 valence electrons. The van der Waals surface area contributed by atoms with Crippen LogP contribution in [0.15, 0.2) is 0 Å². The normalized spacial score (nSPS) is 29.3. The van der Waals surface area contributed by atoms with Gasteiger partial charge in [0.1, 0.15) is 0 Å². The number of nitrogens with zero attached hydrogens (tertiary/aromatic N) is 2. The van der Waals surface area contributed by atoms with E-state index in [0.29, 0.717) is 18.9 Å². The van der Waals surface area contributed by atoms with Crippen molar-refractivity contribution in [3.8, 4) is 0 Å². The monoisotopic (exact) mass is 200 g/mol. The van der Waals surface area contributed by atoms with Crippen molar-refractivity contribution in [1.82, 2.24) is 10.0 Å². The summed E-state index contributed by atoms with van der Waals surface area (Å²) in [6.07, 6.45) is 0.543. The van der Waals surface area contributed by atoms with Gasteiger partial charge in [-0.3, -0.25) is 9.80 Å². The molecule has 4 heteroatoms. The van der Waals surface area contributed by atoms with Crippen LogP contribution in [-0.2, 0) is 4.79 Å². The number of aliphatic hydroxyl groups is 1. The molecule has 0 saturated carbocycles. The van der Waals surface area contributed by atoms with Crippen LogP contribution in [0, 0.1) is 5.92 Å². The number of aliphatic hydroxyl groups excluding tert-OH is 1. The molecule has 0 spiro atoms. The fourth-order valence-electron chi connectivity index (χ4n) is 1.90. The Bertz CT molecular complexity index is 230. The Balaban J connectivity index is 2.83. The van der Waals surface area contributed by atoms with Crippen LogP contribution in [0.3, 0.4) is 0 Å². The Morgan fingerprint density at radius 1 is 1.57 bits per heavy atom. The fraction of sp³-hybridized carbons (Fsp3) is 0.900. The number of hydrazine groups is 1. The molecule has 1 fully saturated rings. The molecule has 1 aliphatic heterocycles. The van der Waals surface area contributed by atoms with Crippen molar-refractivity contribution >= 4 is 5.91 Å². The zero-order valence-electron chi connectivity index (χ0n) is 9.45. The van der Waals surface area contributed by atoms with Gasteiger partial charge in [-0.25, -0.2) is 5.01 Å². The zero-order chi connectivity index (χ0) is 10.9. The maximum Gasteiger partial charge on any atom is 0.238 e. The second-order valence-corrected chi connectivity index (χ2v) is 4.45. The second kappa shape index (κ2) is 3.87. The first-order valence-electron chi connectivity index (χ1n) is 5.08. The van der Waals surface area contributed by atoms with E-state index >= 15 is 0 Å². The van der Waals surface area contributed by atoms with Crippen molar-refractivity contribution in [2.75, 3.05) is 20.2 Å². The number of carbonyl (C=O) groups excluding carboxylic acids is 1. The largest absolute Gasteiger partial charge is 0.394 e. The van der Waals surface area contributed by atoms with Crippen molar-refractivity contribution in [2.45, 2.75) is 32.7 Å². The van der Waals surface area contributed by atoms with Gasteiger partial charge in [0, 0.05) is 19.0 Å². The molecule has 0 aromatic carbocycles. The van der Waals surface area contributed by atoms with Gasteiger partial charge in [-0.1, -0.05) is 13.8 Å². The molecule has 1 rings (SSSR count). The van der Waals surface area contributed by atoms with Gasteiger partial charge in [0.15, 0.2) is 0 Å². The summed E-state index contributed by atoms with van der Waals surface area (Å²) in [7, 11) is 1.92. The summed E-state index contributed by atoms with van der Waals surface area (Å²) >= 11 is 0. The van der Waals surface area contributed by atoms with Crippen LogP contribution in [0.1, 0.15) is 27.2 Å². The number of hydrogen-bond acceptors (Lipinski definition) is 3. The minimum atomic E-state index is -0.105. The Morgan fingerprint density at radius 3 is 2.50 bits per heavy atom. The smallest absolute Gasteiger partial charge is 0.238 e. The maximum atomic E-state index is 11.7. The first-order chi connectivity index (χ1) is 6.43. The lowest BCUT2D eigenvalue weighted by molar-refractivity contribution is -0.140. The van der Waals surface area contributed by atoms with Gasteiger partial charge < -0.3 is 5.11 Å². The van der Waals surface area contributed by atoms with Crippen molar-refractivity contribution in [1.29, 1.82) is 0 Å². The summed E-state index contributed by atoms with van der Waals surface area (Å²) in [6.45, 7) is 6.74.